The number of fused-ring (bicyclic) bond motifs is 3. The summed E-state index contributed by atoms with van der Waals surface area (Å²) in [4.78, 5) is 25.5. The van der Waals surface area contributed by atoms with Gasteiger partial charge >= 0.3 is 12.2 Å². The molecule has 1 atom stereocenters. The van der Waals surface area contributed by atoms with Gasteiger partial charge in [-0.2, -0.15) is 0 Å². The van der Waals surface area contributed by atoms with E-state index in [9.17, 15) is 19.8 Å². The number of halogens is 1. The van der Waals surface area contributed by atoms with Crippen LogP contribution < -0.4 is 0 Å². The van der Waals surface area contributed by atoms with Crippen molar-refractivity contribution in [3.05, 3.63) is 22.0 Å². The number of aromatic nitrogens is 3. The lowest BCUT2D eigenvalue weighted by molar-refractivity contribution is 0.0759. The number of hydrogen-bond donors (Lipinski definition) is 2. The second kappa shape index (κ2) is 6.34. The van der Waals surface area contributed by atoms with Crippen LogP contribution in [0.1, 0.15) is 64.4 Å². The monoisotopic (exact) mass is 408 g/mol. The Morgan fingerprint density at radius 1 is 1.07 bits per heavy atom. The lowest BCUT2D eigenvalue weighted by Crippen LogP contribution is -2.45. The van der Waals surface area contributed by atoms with Crippen molar-refractivity contribution in [2.45, 2.75) is 59.4 Å². The second-order valence-electron chi connectivity index (χ2n) is 9.29. The van der Waals surface area contributed by atoms with E-state index in [1.807, 2.05) is 41.5 Å². The zero-order valence-corrected chi connectivity index (χ0v) is 17.6. The van der Waals surface area contributed by atoms with Crippen LogP contribution in [0.2, 0.25) is 5.15 Å². The summed E-state index contributed by atoms with van der Waals surface area (Å²) in [7, 11) is 0. The third kappa shape index (κ3) is 2.99. The average Bonchev–Trinajstić information content (AvgIpc) is 2.85. The summed E-state index contributed by atoms with van der Waals surface area (Å²) in [6.45, 7) is 11.9. The predicted molar refractivity (Wildman–Crippen MR) is 105 cm³/mol. The molecular formula is C19H25ClN4O4. The first-order valence-electron chi connectivity index (χ1n) is 9.09. The fraction of sp³-hybridized carbons (Fsp3) is 0.579. The van der Waals surface area contributed by atoms with Crippen molar-refractivity contribution in [1.29, 1.82) is 0 Å². The van der Waals surface area contributed by atoms with Gasteiger partial charge in [-0.15, -0.1) is 10.2 Å². The van der Waals surface area contributed by atoms with E-state index in [0.717, 1.165) is 4.57 Å². The number of rotatable bonds is 0. The quantitative estimate of drug-likeness (QED) is 0.662. The minimum absolute atomic E-state index is 0.199. The second-order valence-corrected chi connectivity index (χ2v) is 9.65. The van der Waals surface area contributed by atoms with E-state index < -0.39 is 29.1 Å². The highest BCUT2D eigenvalue weighted by Gasteiger charge is 2.44. The van der Waals surface area contributed by atoms with Crippen molar-refractivity contribution in [3.8, 4) is 0 Å². The predicted octanol–water partition coefficient (Wildman–Crippen LogP) is 4.53. The third-order valence-corrected chi connectivity index (χ3v) is 5.42. The van der Waals surface area contributed by atoms with Crippen molar-refractivity contribution in [3.63, 3.8) is 0 Å². The van der Waals surface area contributed by atoms with Crippen LogP contribution in [-0.4, -0.2) is 48.6 Å². The lowest BCUT2D eigenvalue weighted by atomic mass is 9.76. The molecule has 0 fully saturated rings. The van der Waals surface area contributed by atoms with Crippen molar-refractivity contribution >= 4 is 34.8 Å². The molecule has 0 saturated heterocycles. The first-order chi connectivity index (χ1) is 12.8. The highest BCUT2D eigenvalue weighted by atomic mass is 35.5. The van der Waals surface area contributed by atoms with Gasteiger partial charge in [0.15, 0.2) is 10.8 Å². The summed E-state index contributed by atoms with van der Waals surface area (Å²) in [5, 5.41) is 28.6. The molecule has 1 aliphatic heterocycles. The summed E-state index contributed by atoms with van der Waals surface area (Å²) >= 11 is 6.42. The molecule has 0 bridgehead atoms. The first kappa shape index (κ1) is 20.4. The Morgan fingerprint density at radius 2 is 1.68 bits per heavy atom. The fourth-order valence-corrected chi connectivity index (χ4v) is 4.68. The van der Waals surface area contributed by atoms with E-state index in [4.69, 9.17) is 11.6 Å². The van der Waals surface area contributed by atoms with E-state index in [2.05, 4.69) is 10.2 Å². The van der Waals surface area contributed by atoms with Gasteiger partial charge < -0.3 is 15.1 Å². The zero-order chi connectivity index (χ0) is 21.2. The SMILES string of the molecule is CC(C)(C)c1c(Cl)nnc2c1c1c(n2C(=O)O)CCN(C(=O)O)C1C(C)(C)C. The molecule has 2 aromatic rings. The smallest absolute Gasteiger partial charge is 0.417 e. The summed E-state index contributed by atoms with van der Waals surface area (Å²) in [5.74, 6) is 0. The Balaban J connectivity index is 2.56. The Bertz CT molecular complexity index is 985. The van der Waals surface area contributed by atoms with E-state index in [0.29, 0.717) is 22.2 Å². The van der Waals surface area contributed by atoms with Gasteiger partial charge in [-0.3, -0.25) is 0 Å². The molecular weight excluding hydrogens is 384 g/mol. The molecule has 152 valence electrons. The Kier molecular flexibility index (Phi) is 4.61. The highest BCUT2D eigenvalue weighted by molar-refractivity contribution is 6.31. The molecule has 0 spiro atoms. The number of amides is 1. The minimum Gasteiger partial charge on any atom is -0.465 e. The molecule has 0 saturated carbocycles. The average molecular weight is 409 g/mol. The molecule has 28 heavy (non-hydrogen) atoms. The van der Waals surface area contributed by atoms with Crippen molar-refractivity contribution < 1.29 is 19.8 Å². The number of nitrogens with zero attached hydrogens (tertiary/aromatic N) is 4. The van der Waals surface area contributed by atoms with Gasteiger partial charge in [0.25, 0.3) is 0 Å². The van der Waals surface area contributed by atoms with Gasteiger partial charge in [-0.1, -0.05) is 53.1 Å². The van der Waals surface area contributed by atoms with Crippen LogP contribution in [0.5, 0.6) is 0 Å². The van der Waals surface area contributed by atoms with Crippen molar-refractivity contribution in [2.75, 3.05) is 6.54 Å². The number of hydrogen-bond acceptors (Lipinski definition) is 4. The first-order valence-corrected chi connectivity index (χ1v) is 9.47. The molecule has 2 N–H and O–H groups in total. The zero-order valence-electron chi connectivity index (χ0n) is 16.9. The minimum atomic E-state index is -1.17. The summed E-state index contributed by atoms with van der Waals surface area (Å²) in [6.07, 6.45) is -1.93. The Morgan fingerprint density at radius 3 is 2.14 bits per heavy atom. The molecule has 1 aliphatic rings. The van der Waals surface area contributed by atoms with Gasteiger partial charge in [0, 0.05) is 35.2 Å². The molecule has 0 aliphatic carbocycles. The van der Waals surface area contributed by atoms with Crippen LogP contribution in [0.15, 0.2) is 0 Å². The summed E-state index contributed by atoms with van der Waals surface area (Å²) in [5.41, 5.74) is 1.18. The Hall–Kier alpha value is -2.35. The molecule has 0 aromatic carbocycles. The van der Waals surface area contributed by atoms with Crippen LogP contribution in [0, 0.1) is 5.41 Å². The fourth-order valence-electron chi connectivity index (χ4n) is 4.26. The maximum Gasteiger partial charge on any atom is 0.417 e. The topological polar surface area (TPSA) is 109 Å². The van der Waals surface area contributed by atoms with Gasteiger partial charge in [0.2, 0.25) is 0 Å². The lowest BCUT2D eigenvalue weighted by Gasteiger charge is -2.42. The van der Waals surface area contributed by atoms with Crippen LogP contribution >= 0.6 is 11.6 Å². The standard InChI is InChI=1S/C19H25ClN4O4/c1-18(2,3)12-11-10-9(24(17(27)28)15(11)22-21-14(12)20)7-8-23(16(25)26)13(10)19(4,5)6/h13H,7-8H2,1-6H3,(H,25,26)(H,27,28). The molecule has 2 aromatic heterocycles. The maximum absolute atomic E-state index is 12.1. The third-order valence-electron chi connectivity index (χ3n) is 5.16. The van der Waals surface area contributed by atoms with Crippen LogP contribution in [0.4, 0.5) is 9.59 Å². The van der Waals surface area contributed by atoms with E-state index in [-0.39, 0.29) is 23.8 Å². The molecule has 1 amide bonds. The molecule has 8 nitrogen and oxygen atoms in total. The molecule has 9 heteroatoms. The van der Waals surface area contributed by atoms with Gasteiger partial charge in [-0.25, -0.2) is 14.2 Å². The van der Waals surface area contributed by atoms with Gasteiger partial charge in [0.05, 0.1) is 6.04 Å². The molecule has 3 heterocycles. The van der Waals surface area contributed by atoms with Gasteiger partial charge in [-0.05, 0) is 10.8 Å². The highest BCUT2D eigenvalue weighted by Crippen LogP contribution is 2.49. The number of carboxylic acid groups (broad SMARTS) is 2. The molecule has 3 rings (SSSR count). The van der Waals surface area contributed by atoms with Crippen LogP contribution in [-0.2, 0) is 11.8 Å². The summed E-state index contributed by atoms with van der Waals surface area (Å²) in [6, 6.07) is -0.543. The maximum atomic E-state index is 12.1. The Labute approximate surface area is 168 Å². The van der Waals surface area contributed by atoms with Gasteiger partial charge in [0.1, 0.15) is 0 Å². The van der Waals surface area contributed by atoms with Crippen molar-refractivity contribution in [2.24, 2.45) is 5.41 Å². The number of carbonyl (C=O) groups is 2. The van der Waals surface area contributed by atoms with Crippen LogP contribution in [0.3, 0.4) is 0 Å². The summed E-state index contributed by atoms with van der Waals surface area (Å²) < 4.78 is 1.14. The van der Waals surface area contributed by atoms with E-state index in [1.165, 1.54) is 4.90 Å². The molecule has 0 radical (unpaired) electrons. The normalized spacial score (nSPS) is 17.7. The van der Waals surface area contributed by atoms with E-state index >= 15 is 0 Å². The van der Waals surface area contributed by atoms with E-state index in [1.54, 1.807) is 0 Å². The molecule has 1 unspecified atom stereocenters. The van der Waals surface area contributed by atoms with Crippen molar-refractivity contribution in [1.82, 2.24) is 19.7 Å². The van der Waals surface area contributed by atoms with Crippen LogP contribution in [0.25, 0.3) is 11.0 Å². The largest absolute Gasteiger partial charge is 0.465 e.